The molecule has 9 rings (SSSR count). The summed E-state index contributed by atoms with van der Waals surface area (Å²) < 4.78 is 2.36. The van der Waals surface area contributed by atoms with Crippen LogP contribution in [0.2, 0.25) is 13.1 Å². The number of aromatic nitrogens is 2. The van der Waals surface area contributed by atoms with E-state index < -0.39 is 8.07 Å². The summed E-state index contributed by atoms with van der Waals surface area (Å²) in [6.45, 7) is 7.90. The maximum atomic E-state index is 4.95. The molecule has 1 aliphatic rings. The van der Waals surface area contributed by atoms with Crippen LogP contribution < -0.4 is 20.2 Å². The van der Waals surface area contributed by atoms with E-state index in [1.807, 2.05) is 6.20 Å². The lowest BCUT2D eigenvalue weighted by Gasteiger charge is -2.27. The van der Waals surface area contributed by atoms with Crippen LogP contribution in [-0.4, -0.2) is 24.3 Å². The van der Waals surface area contributed by atoms with Gasteiger partial charge >= 0.3 is 0 Å². The SMILES string of the molecule is Cc1ccccc1-c1ccnc(-n2c3ccccc3c3ccc([Si](C)(C)c4cccc(N5CN(c6ccccc6)c6ccccc65)c4)cc32)c1. The maximum absolute atomic E-state index is 4.95. The van der Waals surface area contributed by atoms with Crippen LogP contribution in [0.25, 0.3) is 38.8 Å². The Morgan fingerprint density at radius 1 is 0.540 bits per heavy atom. The molecule has 5 heteroatoms. The molecule has 0 bridgehead atoms. The number of anilines is 4. The number of aryl methyl sites for hydroxylation is 1. The van der Waals surface area contributed by atoms with Crippen LogP contribution in [0.15, 0.2) is 164 Å². The Labute approximate surface area is 294 Å². The number of hydrogen-bond donors (Lipinski definition) is 0. The van der Waals surface area contributed by atoms with E-state index in [2.05, 4.69) is 192 Å². The number of pyridine rings is 1. The van der Waals surface area contributed by atoms with Gasteiger partial charge in [0.15, 0.2) is 0 Å². The van der Waals surface area contributed by atoms with Crippen molar-refractivity contribution in [3.63, 3.8) is 0 Å². The maximum Gasteiger partial charge on any atom is 0.138 e. The molecule has 0 atom stereocenters. The van der Waals surface area contributed by atoms with Gasteiger partial charge in [-0.2, -0.15) is 0 Å². The molecule has 6 aromatic carbocycles. The van der Waals surface area contributed by atoms with Crippen LogP contribution in [0.5, 0.6) is 0 Å². The number of nitrogens with zero attached hydrogens (tertiary/aromatic N) is 4. The average Bonchev–Trinajstić information content (AvgIpc) is 3.72. The van der Waals surface area contributed by atoms with Crippen molar-refractivity contribution in [2.24, 2.45) is 0 Å². The van der Waals surface area contributed by atoms with Crippen molar-refractivity contribution in [2.75, 3.05) is 16.5 Å². The predicted molar refractivity (Wildman–Crippen MR) is 214 cm³/mol. The smallest absolute Gasteiger partial charge is 0.138 e. The normalized spacial score (nSPS) is 12.9. The van der Waals surface area contributed by atoms with Crippen LogP contribution in [0.4, 0.5) is 22.7 Å². The Hall–Kier alpha value is -5.91. The van der Waals surface area contributed by atoms with E-state index in [4.69, 9.17) is 4.98 Å². The van der Waals surface area contributed by atoms with Gasteiger partial charge in [0.05, 0.1) is 22.4 Å². The van der Waals surface area contributed by atoms with Gasteiger partial charge in [-0.1, -0.05) is 121 Å². The fourth-order valence-corrected chi connectivity index (χ4v) is 10.1. The van der Waals surface area contributed by atoms with Gasteiger partial charge in [-0.3, -0.25) is 4.57 Å². The van der Waals surface area contributed by atoms with Crippen LogP contribution in [0.3, 0.4) is 0 Å². The van der Waals surface area contributed by atoms with Gasteiger partial charge in [-0.15, -0.1) is 0 Å². The minimum absolute atomic E-state index is 0.773. The Kier molecular flexibility index (Phi) is 7.18. The molecule has 50 heavy (non-hydrogen) atoms. The molecule has 0 spiro atoms. The van der Waals surface area contributed by atoms with E-state index in [1.165, 1.54) is 71.6 Å². The zero-order valence-electron chi connectivity index (χ0n) is 28.6. The molecule has 0 aliphatic carbocycles. The van der Waals surface area contributed by atoms with Crippen molar-refractivity contribution in [3.8, 4) is 16.9 Å². The Bertz CT molecular complexity index is 2530. The summed E-state index contributed by atoms with van der Waals surface area (Å²) in [6.07, 6.45) is 1.95. The van der Waals surface area contributed by atoms with Crippen LogP contribution in [0, 0.1) is 6.92 Å². The third kappa shape index (κ3) is 4.93. The number of benzene rings is 6. The van der Waals surface area contributed by atoms with Gasteiger partial charge in [0.25, 0.3) is 0 Å². The monoisotopic (exact) mass is 662 g/mol. The molecule has 0 N–H and O–H groups in total. The van der Waals surface area contributed by atoms with Crippen molar-refractivity contribution in [3.05, 3.63) is 169 Å². The highest BCUT2D eigenvalue weighted by Gasteiger charge is 2.31. The second-order valence-corrected chi connectivity index (χ2v) is 18.2. The minimum atomic E-state index is -2.15. The van der Waals surface area contributed by atoms with Crippen molar-refractivity contribution < 1.29 is 0 Å². The standard InChI is InChI=1S/C45H38N4Si/c1-32-14-7-8-19-38(32)33-26-27-46-45(28-33)49-41-21-10-9-20-39(41)40-25-24-37(30-44(40)49)50(2,3)36-18-13-17-35(29-36)48-31-47(34-15-5-4-6-16-34)42-22-11-12-23-43(42)48/h4-30H,31H2,1-3H3. The third-order valence-electron chi connectivity index (χ3n) is 10.5. The summed E-state index contributed by atoms with van der Waals surface area (Å²) in [5.41, 5.74) is 10.9. The summed E-state index contributed by atoms with van der Waals surface area (Å²) in [5, 5.41) is 5.30. The average molecular weight is 663 g/mol. The lowest BCUT2D eigenvalue weighted by Crippen LogP contribution is -2.53. The van der Waals surface area contributed by atoms with Crippen LogP contribution in [0.1, 0.15) is 5.56 Å². The Balaban J connectivity index is 1.14. The number of hydrogen-bond acceptors (Lipinski definition) is 3. The summed E-state index contributed by atoms with van der Waals surface area (Å²) in [5.74, 6) is 0.936. The van der Waals surface area contributed by atoms with E-state index >= 15 is 0 Å². The van der Waals surface area contributed by atoms with E-state index in [-0.39, 0.29) is 0 Å². The van der Waals surface area contributed by atoms with Gasteiger partial charge < -0.3 is 9.80 Å². The zero-order valence-corrected chi connectivity index (χ0v) is 29.6. The first-order chi connectivity index (χ1) is 24.5. The molecule has 0 amide bonds. The Morgan fingerprint density at radius 2 is 1.20 bits per heavy atom. The molecular weight excluding hydrogens is 625 g/mol. The van der Waals surface area contributed by atoms with Crippen molar-refractivity contribution >= 4 is 63.0 Å². The first-order valence-corrected chi connectivity index (χ1v) is 20.3. The molecule has 2 aromatic heterocycles. The van der Waals surface area contributed by atoms with Crippen molar-refractivity contribution in [1.29, 1.82) is 0 Å². The quantitative estimate of drug-likeness (QED) is 0.166. The molecule has 8 aromatic rings. The molecule has 0 unspecified atom stereocenters. The highest BCUT2D eigenvalue weighted by Crippen LogP contribution is 2.43. The second kappa shape index (κ2) is 11.9. The molecule has 4 nitrogen and oxygen atoms in total. The molecule has 0 fully saturated rings. The van der Waals surface area contributed by atoms with E-state index in [9.17, 15) is 0 Å². The predicted octanol–water partition coefficient (Wildman–Crippen LogP) is 10.2. The molecule has 0 saturated carbocycles. The lowest BCUT2D eigenvalue weighted by molar-refractivity contribution is 0.991. The lowest BCUT2D eigenvalue weighted by atomic mass is 10.0. The summed E-state index contributed by atoms with van der Waals surface area (Å²) >= 11 is 0. The van der Waals surface area contributed by atoms with Crippen molar-refractivity contribution in [1.82, 2.24) is 9.55 Å². The van der Waals surface area contributed by atoms with Crippen molar-refractivity contribution in [2.45, 2.75) is 20.0 Å². The summed E-state index contributed by atoms with van der Waals surface area (Å²) in [4.78, 5) is 9.81. The van der Waals surface area contributed by atoms with Gasteiger partial charge in [0, 0.05) is 28.3 Å². The van der Waals surface area contributed by atoms with E-state index in [0.717, 1.165) is 12.5 Å². The van der Waals surface area contributed by atoms with Crippen LogP contribution >= 0.6 is 0 Å². The van der Waals surface area contributed by atoms with E-state index in [0.29, 0.717) is 0 Å². The second-order valence-electron chi connectivity index (χ2n) is 13.8. The molecule has 242 valence electrons. The van der Waals surface area contributed by atoms with Gasteiger partial charge in [0.1, 0.15) is 20.6 Å². The fourth-order valence-electron chi connectivity index (χ4n) is 7.70. The Morgan fingerprint density at radius 3 is 2.02 bits per heavy atom. The highest BCUT2D eigenvalue weighted by molar-refractivity contribution is 7.00. The zero-order chi connectivity index (χ0) is 33.8. The number of rotatable bonds is 6. The molecule has 1 aliphatic heterocycles. The fraction of sp³-hybridized carbons (Fsp3) is 0.0889. The number of para-hydroxylation sites is 4. The summed E-state index contributed by atoms with van der Waals surface area (Å²) in [6, 6.07) is 57.5. The molecule has 0 saturated heterocycles. The summed E-state index contributed by atoms with van der Waals surface area (Å²) in [7, 11) is -2.15. The first-order valence-electron chi connectivity index (χ1n) is 17.3. The van der Waals surface area contributed by atoms with Gasteiger partial charge in [-0.05, 0) is 84.3 Å². The minimum Gasteiger partial charge on any atom is -0.321 e. The number of fused-ring (bicyclic) bond motifs is 4. The molecular formula is C45H38N4Si. The largest absolute Gasteiger partial charge is 0.321 e. The van der Waals surface area contributed by atoms with Gasteiger partial charge in [0.2, 0.25) is 0 Å². The third-order valence-corrected chi connectivity index (χ3v) is 14.0. The van der Waals surface area contributed by atoms with Crippen LogP contribution in [-0.2, 0) is 0 Å². The highest BCUT2D eigenvalue weighted by atomic mass is 28.3. The topological polar surface area (TPSA) is 24.3 Å². The molecule has 0 radical (unpaired) electrons. The molecule has 3 heterocycles. The first kappa shape index (κ1) is 30.2. The van der Waals surface area contributed by atoms with E-state index in [1.54, 1.807) is 0 Å². The van der Waals surface area contributed by atoms with Gasteiger partial charge in [-0.25, -0.2) is 4.98 Å².